The highest BCUT2D eigenvalue weighted by Crippen LogP contribution is 2.22. The van der Waals surface area contributed by atoms with Crippen LogP contribution in [0.2, 0.25) is 0 Å². The van der Waals surface area contributed by atoms with Gasteiger partial charge >= 0.3 is 0 Å². The number of hydrogen-bond donors (Lipinski definition) is 1. The van der Waals surface area contributed by atoms with Gasteiger partial charge in [0.05, 0.1) is 0 Å². The maximum atomic E-state index is 12.2. The van der Waals surface area contributed by atoms with E-state index in [2.05, 4.69) is 27.3 Å². The topological polar surface area (TPSA) is 29.1 Å². The van der Waals surface area contributed by atoms with Crippen LogP contribution in [0.5, 0.6) is 0 Å². The van der Waals surface area contributed by atoms with E-state index in [0.29, 0.717) is 6.04 Å². The van der Waals surface area contributed by atoms with Crippen LogP contribution in [0.4, 0.5) is 0 Å². The number of hydrogen-bond acceptors (Lipinski definition) is 1. The zero-order valence-corrected chi connectivity index (χ0v) is 12.2. The van der Waals surface area contributed by atoms with Crippen molar-refractivity contribution < 1.29 is 4.79 Å². The standard InChI is InChI=1S/C16H16BrNO/c17-14-8-7-11-9-13(6-5-12(11)10-14)16(19)18-15-3-1-2-4-15/h5-10,15H,1-4H2,(H,18,19). The Bertz CT molecular complexity index is 617. The van der Waals surface area contributed by atoms with E-state index in [9.17, 15) is 4.79 Å². The molecule has 2 nitrogen and oxygen atoms in total. The molecule has 3 rings (SSSR count). The highest BCUT2D eigenvalue weighted by Gasteiger charge is 2.17. The van der Waals surface area contributed by atoms with Crippen LogP contribution in [-0.4, -0.2) is 11.9 Å². The molecule has 1 aliphatic rings. The van der Waals surface area contributed by atoms with Gasteiger partial charge in [-0.05, 0) is 47.9 Å². The molecule has 0 heterocycles. The van der Waals surface area contributed by atoms with Gasteiger partial charge in [0, 0.05) is 16.1 Å². The molecule has 0 spiro atoms. The minimum atomic E-state index is 0.0525. The Balaban J connectivity index is 1.83. The Hall–Kier alpha value is -1.35. The van der Waals surface area contributed by atoms with Crippen molar-refractivity contribution in [2.24, 2.45) is 0 Å². The van der Waals surface area contributed by atoms with Crippen molar-refractivity contribution in [1.29, 1.82) is 0 Å². The molecule has 0 aliphatic heterocycles. The van der Waals surface area contributed by atoms with Crippen LogP contribution >= 0.6 is 15.9 Å². The molecule has 1 fully saturated rings. The molecule has 0 aromatic heterocycles. The highest BCUT2D eigenvalue weighted by molar-refractivity contribution is 9.10. The Morgan fingerprint density at radius 1 is 1.05 bits per heavy atom. The van der Waals surface area contributed by atoms with Crippen LogP contribution in [-0.2, 0) is 0 Å². The third-order valence-corrected chi connectivity index (χ3v) is 4.25. The summed E-state index contributed by atoms with van der Waals surface area (Å²) < 4.78 is 1.06. The van der Waals surface area contributed by atoms with E-state index in [4.69, 9.17) is 0 Å². The van der Waals surface area contributed by atoms with E-state index in [-0.39, 0.29) is 5.91 Å². The normalized spacial score (nSPS) is 15.8. The van der Waals surface area contributed by atoms with Crippen LogP contribution in [0.25, 0.3) is 10.8 Å². The lowest BCUT2D eigenvalue weighted by molar-refractivity contribution is 0.0938. The van der Waals surface area contributed by atoms with E-state index in [1.54, 1.807) is 0 Å². The first-order valence-corrected chi connectivity index (χ1v) is 7.52. The maximum absolute atomic E-state index is 12.2. The molecule has 3 heteroatoms. The molecule has 0 radical (unpaired) electrons. The van der Waals surface area contributed by atoms with Gasteiger partial charge in [0.2, 0.25) is 0 Å². The first-order valence-electron chi connectivity index (χ1n) is 6.72. The fourth-order valence-corrected chi connectivity index (χ4v) is 3.08. The summed E-state index contributed by atoms with van der Waals surface area (Å²) in [4.78, 5) is 12.2. The van der Waals surface area contributed by atoms with E-state index in [1.807, 2.05) is 30.3 Å². The summed E-state index contributed by atoms with van der Waals surface area (Å²) in [6.45, 7) is 0. The number of nitrogens with one attached hydrogen (secondary N) is 1. The predicted octanol–water partition coefficient (Wildman–Crippen LogP) is 4.27. The maximum Gasteiger partial charge on any atom is 0.251 e. The van der Waals surface area contributed by atoms with Gasteiger partial charge in [0.25, 0.3) is 5.91 Å². The lowest BCUT2D eigenvalue weighted by atomic mass is 10.1. The van der Waals surface area contributed by atoms with Crippen molar-refractivity contribution in [2.45, 2.75) is 31.7 Å². The summed E-state index contributed by atoms with van der Waals surface area (Å²) in [5.74, 6) is 0.0525. The Morgan fingerprint density at radius 3 is 2.53 bits per heavy atom. The number of carbonyl (C=O) groups excluding carboxylic acids is 1. The van der Waals surface area contributed by atoms with E-state index >= 15 is 0 Å². The molecule has 19 heavy (non-hydrogen) atoms. The fourth-order valence-electron chi connectivity index (χ4n) is 2.70. The number of halogens is 1. The van der Waals surface area contributed by atoms with Crippen LogP contribution in [0.15, 0.2) is 40.9 Å². The quantitative estimate of drug-likeness (QED) is 0.880. The summed E-state index contributed by atoms with van der Waals surface area (Å²) in [7, 11) is 0. The monoisotopic (exact) mass is 317 g/mol. The van der Waals surface area contributed by atoms with Crippen molar-refractivity contribution in [2.75, 3.05) is 0 Å². The molecule has 0 saturated heterocycles. The van der Waals surface area contributed by atoms with Gasteiger partial charge in [-0.15, -0.1) is 0 Å². The Kier molecular flexibility index (Phi) is 3.56. The third kappa shape index (κ3) is 2.81. The summed E-state index contributed by atoms with van der Waals surface area (Å²) in [6.07, 6.45) is 4.70. The van der Waals surface area contributed by atoms with Crippen LogP contribution in [0, 0.1) is 0 Å². The van der Waals surface area contributed by atoms with Gasteiger partial charge in [0.15, 0.2) is 0 Å². The van der Waals surface area contributed by atoms with Crippen molar-refractivity contribution >= 4 is 32.6 Å². The second kappa shape index (κ2) is 5.33. The first-order chi connectivity index (χ1) is 9.22. The zero-order chi connectivity index (χ0) is 13.2. The molecule has 1 amide bonds. The van der Waals surface area contributed by atoms with E-state index in [0.717, 1.165) is 33.7 Å². The van der Waals surface area contributed by atoms with Crippen LogP contribution in [0.1, 0.15) is 36.0 Å². The van der Waals surface area contributed by atoms with Crippen molar-refractivity contribution in [3.05, 3.63) is 46.4 Å². The zero-order valence-electron chi connectivity index (χ0n) is 10.7. The largest absolute Gasteiger partial charge is 0.349 e. The van der Waals surface area contributed by atoms with Gasteiger partial charge in [-0.3, -0.25) is 4.79 Å². The van der Waals surface area contributed by atoms with Crippen molar-refractivity contribution in [1.82, 2.24) is 5.32 Å². The van der Waals surface area contributed by atoms with Crippen LogP contribution < -0.4 is 5.32 Å². The minimum absolute atomic E-state index is 0.0525. The summed E-state index contributed by atoms with van der Waals surface area (Å²) in [5.41, 5.74) is 0.752. The van der Waals surface area contributed by atoms with Crippen molar-refractivity contribution in [3.63, 3.8) is 0 Å². The van der Waals surface area contributed by atoms with Gasteiger partial charge in [-0.25, -0.2) is 0 Å². The van der Waals surface area contributed by atoms with Crippen LogP contribution in [0.3, 0.4) is 0 Å². The number of fused-ring (bicyclic) bond motifs is 1. The molecule has 98 valence electrons. The lowest BCUT2D eigenvalue weighted by Crippen LogP contribution is -2.32. The number of rotatable bonds is 2. The minimum Gasteiger partial charge on any atom is -0.349 e. The summed E-state index contributed by atoms with van der Waals surface area (Å²) in [6, 6.07) is 12.3. The number of carbonyl (C=O) groups is 1. The predicted molar refractivity (Wildman–Crippen MR) is 81.4 cm³/mol. The van der Waals surface area contributed by atoms with E-state index in [1.165, 1.54) is 12.8 Å². The molecule has 1 saturated carbocycles. The SMILES string of the molecule is O=C(NC1CCCC1)c1ccc2cc(Br)ccc2c1. The summed E-state index contributed by atoms with van der Waals surface area (Å²) >= 11 is 3.46. The van der Waals surface area contributed by atoms with Gasteiger partial charge in [0.1, 0.15) is 0 Å². The lowest BCUT2D eigenvalue weighted by Gasteiger charge is -2.12. The summed E-state index contributed by atoms with van der Waals surface area (Å²) in [5, 5.41) is 5.37. The second-order valence-electron chi connectivity index (χ2n) is 5.16. The number of amides is 1. The van der Waals surface area contributed by atoms with Crippen molar-refractivity contribution in [3.8, 4) is 0 Å². The molecule has 0 bridgehead atoms. The van der Waals surface area contributed by atoms with Gasteiger partial charge in [-0.1, -0.05) is 40.9 Å². The first kappa shape index (κ1) is 12.7. The van der Waals surface area contributed by atoms with Gasteiger partial charge in [-0.2, -0.15) is 0 Å². The second-order valence-corrected chi connectivity index (χ2v) is 6.08. The average Bonchev–Trinajstić information content (AvgIpc) is 2.91. The van der Waals surface area contributed by atoms with E-state index < -0.39 is 0 Å². The fraction of sp³-hybridized carbons (Fsp3) is 0.312. The highest BCUT2D eigenvalue weighted by atomic mass is 79.9. The molecular formula is C16H16BrNO. The smallest absolute Gasteiger partial charge is 0.251 e. The molecule has 1 aliphatic carbocycles. The Morgan fingerprint density at radius 2 is 1.74 bits per heavy atom. The third-order valence-electron chi connectivity index (χ3n) is 3.75. The molecular weight excluding hydrogens is 302 g/mol. The molecule has 2 aromatic rings. The molecule has 0 unspecified atom stereocenters. The molecule has 2 aromatic carbocycles. The Labute approximate surface area is 121 Å². The molecule has 1 N–H and O–H groups in total. The van der Waals surface area contributed by atoms with Gasteiger partial charge < -0.3 is 5.32 Å². The average molecular weight is 318 g/mol. The molecule has 0 atom stereocenters. The number of benzene rings is 2.